The Labute approximate surface area is 129 Å². The van der Waals surface area contributed by atoms with E-state index in [-0.39, 0.29) is 13.6 Å². The van der Waals surface area contributed by atoms with Crippen LogP contribution in [0.4, 0.5) is 0 Å². The monoisotopic (exact) mass is 302 g/mol. The third-order valence-electron chi connectivity index (χ3n) is 2.99. The molecule has 2 rings (SSSR count). The van der Waals surface area contributed by atoms with E-state index in [1.54, 1.807) is 19.2 Å². The van der Waals surface area contributed by atoms with Crippen molar-refractivity contribution >= 4 is 6.29 Å². The highest BCUT2D eigenvalue weighted by Crippen LogP contribution is 2.40. The molecule has 0 heterocycles. The molecular formula is C17H18O5. The van der Waals surface area contributed by atoms with Gasteiger partial charge in [-0.3, -0.25) is 4.79 Å². The largest absolute Gasteiger partial charge is 0.467 e. The van der Waals surface area contributed by atoms with Gasteiger partial charge in [-0.1, -0.05) is 30.3 Å². The van der Waals surface area contributed by atoms with E-state index in [4.69, 9.17) is 18.9 Å². The summed E-state index contributed by atoms with van der Waals surface area (Å²) in [5, 5.41) is 0. The van der Waals surface area contributed by atoms with Crippen LogP contribution in [0.5, 0.6) is 11.5 Å². The van der Waals surface area contributed by atoms with Gasteiger partial charge < -0.3 is 18.9 Å². The fourth-order valence-corrected chi connectivity index (χ4v) is 2.07. The van der Waals surface area contributed by atoms with Crippen molar-refractivity contribution in [1.29, 1.82) is 0 Å². The number of rotatable bonds is 8. The van der Waals surface area contributed by atoms with E-state index in [2.05, 4.69) is 0 Å². The highest BCUT2D eigenvalue weighted by atomic mass is 16.7. The Morgan fingerprint density at radius 1 is 0.909 bits per heavy atom. The van der Waals surface area contributed by atoms with Crippen LogP contribution in [0.2, 0.25) is 0 Å². The van der Waals surface area contributed by atoms with E-state index in [1.165, 1.54) is 7.11 Å². The van der Waals surface area contributed by atoms with Gasteiger partial charge in [0.1, 0.15) is 11.5 Å². The molecule has 2 aromatic carbocycles. The highest BCUT2D eigenvalue weighted by Gasteiger charge is 2.17. The van der Waals surface area contributed by atoms with Gasteiger partial charge in [-0.2, -0.15) is 0 Å². The van der Waals surface area contributed by atoms with E-state index in [0.717, 1.165) is 11.8 Å². The van der Waals surface area contributed by atoms with Gasteiger partial charge >= 0.3 is 0 Å². The minimum absolute atomic E-state index is 0.0361. The average Bonchev–Trinajstić information content (AvgIpc) is 2.58. The van der Waals surface area contributed by atoms with Crippen LogP contribution in [0.25, 0.3) is 11.1 Å². The van der Waals surface area contributed by atoms with Gasteiger partial charge in [-0.05, 0) is 17.7 Å². The van der Waals surface area contributed by atoms with Gasteiger partial charge in [0, 0.05) is 14.2 Å². The Balaban J connectivity index is 2.57. The Kier molecular flexibility index (Phi) is 5.94. The van der Waals surface area contributed by atoms with Crippen molar-refractivity contribution in [3.8, 4) is 22.6 Å². The fraction of sp³-hybridized carbons (Fsp3) is 0.235. The molecule has 22 heavy (non-hydrogen) atoms. The van der Waals surface area contributed by atoms with E-state index >= 15 is 0 Å². The Morgan fingerprint density at radius 3 is 2.23 bits per heavy atom. The molecular weight excluding hydrogens is 284 g/mol. The molecule has 0 saturated carbocycles. The van der Waals surface area contributed by atoms with Crippen molar-refractivity contribution in [3.63, 3.8) is 0 Å². The molecule has 0 spiro atoms. The maximum absolute atomic E-state index is 11.3. The van der Waals surface area contributed by atoms with Gasteiger partial charge in [0.05, 0.1) is 11.1 Å². The van der Waals surface area contributed by atoms with Crippen molar-refractivity contribution in [2.75, 3.05) is 27.8 Å². The normalized spacial score (nSPS) is 10.3. The lowest BCUT2D eigenvalue weighted by molar-refractivity contribution is 0.0465. The molecule has 0 atom stereocenters. The first-order valence-electron chi connectivity index (χ1n) is 6.73. The minimum atomic E-state index is 0.0361. The quantitative estimate of drug-likeness (QED) is 0.554. The maximum atomic E-state index is 11.3. The summed E-state index contributed by atoms with van der Waals surface area (Å²) < 4.78 is 21.1. The standard InChI is InChI=1S/C17H18O5/c1-19-11-21-15-9-8-14(10-18)17(22-12-20-2)16(15)13-6-4-3-5-7-13/h3-10H,11-12H2,1-2H3. The molecule has 0 N–H and O–H groups in total. The molecule has 0 unspecified atom stereocenters. The molecule has 0 aliphatic rings. The van der Waals surface area contributed by atoms with Crippen LogP contribution in [0.3, 0.4) is 0 Å². The molecule has 0 amide bonds. The number of methoxy groups -OCH3 is 2. The summed E-state index contributed by atoms with van der Waals surface area (Å²) in [7, 11) is 3.07. The van der Waals surface area contributed by atoms with Gasteiger partial charge in [0.25, 0.3) is 0 Å². The molecule has 116 valence electrons. The number of ether oxygens (including phenoxy) is 4. The first-order valence-corrected chi connectivity index (χ1v) is 6.73. The van der Waals surface area contributed by atoms with Crippen molar-refractivity contribution in [2.24, 2.45) is 0 Å². The van der Waals surface area contributed by atoms with E-state index in [9.17, 15) is 4.79 Å². The lowest BCUT2D eigenvalue weighted by atomic mass is 10.0. The number of carbonyl (C=O) groups excluding carboxylic acids is 1. The third-order valence-corrected chi connectivity index (χ3v) is 2.99. The van der Waals surface area contributed by atoms with Crippen LogP contribution < -0.4 is 9.47 Å². The van der Waals surface area contributed by atoms with Crippen molar-refractivity contribution in [3.05, 3.63) is 48.0 Å². The number of aldehydes is 1. The van der Waals surface area contributed by atoms with Crippen LogP contribution in [0.1, 0.15) is 10.4 Å². The van der Waals surface area contributed by atoms with Gasteiger partial charge in [-0.15, -0.1) is 0 Å². The second kappa shape index (κ2) is 8.17. The summed E-state index contributed by atoms with van der Waals surface area (Å²) in [6.45, 7) is 0.137. The second-order valence-electron chi connectivity index (χ2n) is 4.44. The SMILES string of the molecule is COCOc1ccc(C=O)c(OCOC)c1-c1ccccc1. The maximum Gasteiger partial charge on any atom is 0.188 e. The Hall–Kier alpha value is -2.37. The Bertz CT molecular complexity index is 610. The summed E-state index contributed by atoms with van der Waals surface area (Å²) >= 11 is 0. The van der Waals surface area contributed by atoms with Gasteiger partial charge in [0.2, 0.25) is 0 Å². The number of hydrogen-bond donors (Lipinski definition) is 0. The topological polar surface area (TPSA) is 54.0 Å². The predicted octanol–water partition coefficient (Wildman–Crippen LogP) is 3.13. The van der Waals surface area contributed by atoms with E-state index in [1.807, 2.05) is 30.3 Å². The zero-order chi connectivity index (χ0) is 15.8. The van der Waals surface area contributed by atoms with Crippen molar-refractivity contribution in [2.45, 2.75) is 0 Å². The van der Waals surface area contributed by atoms with Crippen molar-refractivity contribution in [1.82, 2.24) is 0 Å². The molecule has 0 fully saturated rings. The first-order chi connectivity index (χ1) is 10.8. The molecule has 0 aromatic heterocycles. The number of benzene rings is 2. The van der Waals surface area contributed by atoms with E-state index in [0.29, 0.717) is 22.6 Å². The van der Waals surface area contributed by atoms with Gasteiger partial charge in [0.15, 0.2) is 19.9 Å². The summed E-state index contributed by atoms with van der Waals surface area (Å²) in [5.41, 5.74) is 2.00. The summed E-state index contributed by atoms with van der Waals surface area (Å²) in [6.07, 6.45) is 0.748. The van der Waals surface area contributed by atoms with Crippen LogP contribution in [0, 0.1) is 0 Å². The fourth-order valence-electron chi connectivity index (χ4n) is 2.07. The number of carbonyl (C=O) groups is 1. The highest BCUT2D eigenvalue weighted by molar-refractivity contribution is 5.89. The summed E-state index contributed by atoms with van der Waals surface area (Å²) in [4.78, 5) is 11.3. The zero-order valence-corrected chi connectivity index (χ0v) is 12.6. The average molecular weight is 302 g/mol. The van der Waals surface area contributed by atoms with Crippen LogP contribution in [0.15, 0.2) is 42.5 Å². The zero-order valence-electron chi connectivity index (χ0n) is 12.6. The molecule has 0 aliphatic heterocycles. The van der Waals surface area contributed by atoms with Crippen LogP contribution in [-0.4, -0.2) is 34.1 Å². The molecule has 0 bridgehead atoms. The lowest BCUT2D eigenvalue weighted by Gasteiger charge is -2.17. The lowest BCUT2D eigenvalue weighted by Crippen LogP contribution is -2.06. The molecule has 0 saturated heterocycles. The number of hydrogen-bond acceptors (Lipinski definition) is 5. The second-order valence-corrected chi connectivity index (χ2v) is 4.44. The molecule has 2 aromatic rings. The summed E-state index contributed by atoms with van der Waals surface area (Å²) in [6, 6.07) is 12.9. The smallest absolute Gasteiger partial charge is 0.188 e. The predicted molar refractivity (Wildman–Crippen MR) is 82.3 cm³/mol. The Morgan fingerprint density at radius 2 is 1.59 bits per heavy atom. The first kappa shape index (κ1) is 16.0. The molecule has 0 aliphatic carbocycles. The third kappa shape index (κ3) is 3.63. The van der Waals surface area contributed by atoms with Crippen molar-refractivity contribution < 1.29 is 23.7 Å². The van der Waals surface area contributed by atoms with Gasteiger partial charge in [-0.25, -0.2) is 0 Å². The van der Waals surface area contributed by atoms with Crippen LogP contribution >= 0.6 is 0 Å². The van der Waals surface area contributed by atoms with Crippen LogP contribution in [-0.2, 0) is 9.47 Å². The minimum Gasteiger partial charge on any atom is -0.467 e. The molecule has 5 heteroatoms. The van der Waals surface area contributed by atoms with E-state index < -0.39 is 0 Å². The molecule has 5 nitrogen and oxygen atoms in total. The molecule has 0 radical (unpaired) electrons. The summed E-state index contributed by atoms with van der Waals surface area (Å²) in [5.74, 6) is 1.00.